The Bertz CT molecular complexity index is 1160. The van der Waals surface area contributed by atoms with E-state index in [4.69, 9.17) is 18.9 Å². The van der Waals surface area contributed by atoms with E-state index in [1.807, 2.05) is 0 Å². The number of nitro benzene ring substituents is 1. The minimum Gasteiger partial charge on any atom is -0.496 e. The van der Waals surface area contributed by atoms with Gasteiger partial charge >= 0.3 is 17.9 Å². The number of hydrogen-bond acceptors (Lipinski definition) is 11. The number of carbonyl (C=O) groups excluding carboxylic acids is 4. The fourth-order valence-corrected chi connectivity index (χ4v) is 4.08. The Kier molecular flexibility index (Phi) is 10.4. The van der Waals surface area contributed by atoms with Gasteiger partial charge in [0.1, 0.15) is 12.3 Å². The molecule has 0 aromatic heterocycles. The third-order valence-corrected chi connectivity index (χ3v) is 5.54. The average molecular weight is 534 g/mol. The van der Waals surface area contributed by atoms with Gasteiger partial charge in [-0.2, -0.15) is 0 Å². The van der Waals surface area contributed by atoms with Crippen molar-refractivity contribution >= 4 is 29.5 Å². The lowest BCUT2D eigenvalue weighted by atomic mass is 9.78. The molecule has 1 aliphatic rings. The van der Waals surface area contributed by atoms with Gasteiger partial charge in [0.15, 0.2) is 0 Å². The summed E-state index contributed by atoms with van der Waals surface area (Å²) in [5.74, 6) is -4.70. The van der Waals surface area contributed by atoms with Crippen LogP contribution >= 0.6 is 0 Å². The molecule has 2 N–H and O–H groups in total. The monoisotopic (exact) mass is 533 g/mol. The molecule has 0 aliphatic carbocycles. The minimum absolute atomic E-state index is 0.00487. The molecular weight excluding hydrogens is 502 g/mol. The number of carbonyl (C=O) groups is 4. The van der Waals surface area contributed by atoms with Crippen molar-refractivity contribution in [2.75, 3.05) is 33.5 Å². The van der Waals surface area contributed by atoms with E-state index in [2.05, 4.69) is 10.6 Å². The number of methoxy groups -OCH3 is 1. The zero-order valence-electron chi connectivity index (χ0n) is 22.1. The SMILES string of the molecule is CCOC(=O)CNC(=O)c1c(OC)cc([N+](=O)[O-])cc1C1C(C(=O)OCC)=C(C)NC(C)=C1C(=O)OCC. The molecule has 2 rings (SSSR count). The molecule has 0 atom stereocenters. The summed E-state index contributed by atoms with van der Waals surface area (Å²) in [5, 5.41) is 17.2. The minimum atomic E-state index is -1.31. The van der Waals surface area contributed by atoms with Gasteiger partial charge in [0.2, 0.25) is 0 Å². The number of allylic oxidation sites excluding steroid dienone is 2. The number of nitrogens with zero attached hydrogens (tertiary/aromatic N) is 1. The number of dihydropyridines is 1. The second-order valence-electron chi connectivity index (χ2n) is 7.93. The van der Waals surface area contributed by atoms with E-state index in [-0.39, 0.29) is 47.8 Å². The lowest BCUT2D eigenvalue weighted by Gasteiger charge is -2.31. The maximum Gasteiger partial charge on any atom is 0.336 e. The van der Waals surface area contributed by atoms with Crippen LogP contribution in [0, 0.1) is 10.1 Å². The molecule has 0 bridgehead atoms. The van der Waals surface area contributed by atoms with Crippen molar-refractivity contribution in [1.82, 2.24) is 10.6 Å². The number of esters is 3. The standard InChI is InChI=1S/C25H31N3O10/c1-7-36-18(29)12-26-23(30)21-16(10-15(28(33)34)11-17(21)35-6)22-19(24(31)37-8-2)13(4)27-14(5)20(22)25(32)38-9-3/h10-11,22,27H,7-9,12H2,1-6H3,(H,26,30). The Labute approximate surface area is 219 Å². The van der Waals surface area contributed by atoms with Crippen molar-refractivity contribution in [3.8, 4) is 5.75 Å². The molecule has 0 spiro atoms. The van der Waals surface area contributed by atoms with Gasteiger partial charge in [-0.25, -0.2) is 9.59 Å². The molecular formula is C25H31N3O10. The Morgan fingerprint density at radius 1 is 0.947 bits per heavy atom. The first-order valence-electron chi connectivity index (χ1n) is 11.8. The number of non-ortho nitro benzene ring substituents is 1. The molecule has 1 aliphatic heterocycles. The zero-order valence-corrected chi connectivity index (χ0v) is 22.1. The van der Waals surface area contributed by atoms with E-state index >= 15 is 0 Å². The first-order valence-corrected chi connectivity index (χ1v) is 11.8. The molecule has 1 heterocycles. The smallest absolute Gasteiger partial charge is 0.336 e. The summed E-state index contributed by atoms with van der Waals surface area (Å²) < 4.78 is 20.6. The third-order valence-electron chi connectivity index (χ3n) is 5.54. The molecule has 0 fully saturated rings. The largest absolute Gasteiger partial charge is 0.496 e. The predicted molar refractivity (Wildman–Crippen MR) is 133 cm³/mol. The number of amides is 1. The molecule has 1 amide bonds. The van der Waals surface area contributed by atoms with Crippen LogP contribution < -0.4 is 15.4 Å². The van der Waals surface area contributed by atoms with E-state index in [0.29, 0.717) is 11.4 Å². The van der Waals surface area contributed by atoms with Crippen molar-refractivity contribution < 1.29 is 43.0 Å². The maximum absolute atomic E-state index is 13.4. The fourth-order valence-electron chi connectivity index (χ4n) is 4.08. The molecule has 1 aromatic carbocycles. The number of benzene rings is 1. The van der Waals surface area contributed by atoms with E-state index in [9.17, 15) is 29.3 Å². The molecule has 206 valence electrons. The summed E-state index contributed by atoms with van der Waals surface area (Å²) >= 11 is 0. The molecule has 0 saturated carbocycles. The number of hydrogen-bond donors (Lipinski definition) is 2. The predicted octanol–water partition coefficient (Wildman–Crippen LogP) is 2.26. The number of nitrogens with one attached hydrogen (secondary N) is 2. The number of rotatable bonds is 11. The molecule has 1 aromatic rings. The Morgan fingerprint density at radius 3 is 1.92 bits per heavy atom. The first kappa shape index (κ1) is 29.8. The average Bonchev–Trinajstić information content (AvgIpc) is 2.86. The molecule has 13 nitrogen and oxygen atoms in total. The van der Waals surface area contributed by atoms with Crippen LogP contribution in [0.2, 0.25) is 0 Å². The van der Waals surface area contributed by atoms with E-state index in [1.165, 1.54) is 7.11 Å². The summed E-state index contributed by atoms with van der Waals surface area (Å²) in [7, 11) is 1.20. The highest BCUT2D eigenvalue weighted by atomic mass is 16.6. The van der Waals surface area contributed by atoms with Gasteiger partial charge in [0, 0.05) is 17.5 Å². The molecule has 0 unspecified atom stereocenters. The van der Waals surface area contributed by atoms with Gasteiger partial charge in [-0.05, 0) is 40.2 Å². The van der Waals surface area contributed by atoms with Gasteiger partial charge in [-0.15, -0.1) is 0 Å². The first-order chi connectivity index (χ1) is 18.0. The van der Waals surface area contributed by atoms with Crippen molar-refractivity contribution in [2.45, 2.75) is 40.5 Å². The van der Waals surface area contributed by atoms with Crippen LogP contribution in [0.1, 0.15) is 56.5 Å². The fraction of sp³-hybridized carbons (Fsp3) is 0.440. The van der Waals surface area contributed by atoms with Crippen LogP contribution in [-0.4, -0.2) is 62.2 Å². The Hall–Kier alpha value is -4.42. The van der Waals surface area contributed by atoms with Crippen molar-refractivity contribution in [3.05, 3.63) is 55.9 Å². The van der Waals surface area contributed by atoms with E-state index in [0.717, 1.165) is 12.1 Å². The zero-order chi connectivity index (χ0) is 28.6. The third kappa shape index (κ3) is 6.47. The Morgan fingerprint density at radius 2 is 1.47 bits per heavy atom. The lowest BCUT2D eigenvalue weighted by molar-refractivity contribution is -0.385. The Balaban J connectivity index is 2.91. The van der Waals surface area contributed by atoms with Crippen LogP contribution in [-0.2, 0) is 28.6 Å². The summed E-state index contributed by atoms with van der Waals surface area (Å²) in [4.78, 5) is 62.7. The van der Waals surface area contributed by atoms with Crippen molar-refractivity contribution in [3.63, 3.8) is 0 Å². The molecule has 0 radical (unpaired) electrons. The van der Waals surface area contributed by atoms with Crippen LogP contribution in [0.4, 0.5) is 5.69 Å². The summed E-state index contributed by atoms with van der Waals surface area (Å²) in [5.41, 5.74) is -0.268. The normalized spacial score (nSPS) is 13.4. The quantitative estimate of drug-likeness (QED) is 0.185. The van der Waals surface area contributed by atoms with Crippen molar-refractivity contribution in [1.29, 1.82) is 0 Å². The second kappa shape index (κ2) is 13.2. The highest BCUT2D eigenvalue weighted by molar-refractivity contribution is 6.04. The van der Waals surface area contributed by atoms with Crippen LogP contribution in [0.15, 0.2) is 34.7 Å². The number of ether oxygens (including phenoxy) is 4. The van der Waals surface area contributed by atoms with Gasteiger partial charge < -0.3 is 29.6 Å². The van der Waals surface area contributed by atoms with E-state index < -0.39 is 46.9 Å². The van der Waals surface area contributed by atoms with Crippen molar-refractivity contribution in [2.24, 2.45) is 0 Å². The van der Waals surface area contributed by atoms with Gasteiger partial charge in [0.25, 0.3) is 11.6 Å². The number of nitro groups is 1. The maximum atomic E-state index is 13.4. The molecule has 13 heteroatoms. The van der Waals surface area contributed by atoms with Gasteiger partial charge in [0.05, 0.1) is 60.5 Å². The van der Waals surface area contributed by atoms with Gasteiger partial charge in [-0.3, -0.25) is 19.7 Å². The summed E-state index contributed by atoms with van der Waals surface area (Å²) in [6, 6.07) is 2.11. The van der Waals surface area contributed by atoms with Gasteiger partial charge in [-0.1, -0.05) is 0 Å². The summed E-state index contributed by atoms with van der Waals surface area (Å²) in [6.07, 6.45) is 0. The van der Waals surface area contributed by atoms with Crippen LogP contribution in [0.25, 0.3) is 0 Å². The molecule has 0 saturated heterocycles. The molecule has 38 heavy (non-hydrogen) atoms. The van der Waals surface area contributed by atoms with Crippen LogP contribution in [0.5, 0.6) is 5.75 Å². The highest BCUT2D eigenvalue weighted by Gasteiger charge is 2.41. The topological polar surface area (TPSA) is 172 Å². The lowest BCUT2D eigenvalue weighted by Crippen LogP contribution is -2.35. The second-order valence-corrected chi connectivity index (χ2v) is 7.93. The van der Waals surface area contributed by atoms with Crippen LogP contribution in [0.3, 0.4) is 0 Å². The summed E-state index contributed by atoms with van der Waals surface area (Å²) in [6.45, 7) is 7.53. The van der Waals surface area contributed by atoms with E-state index in [1.54, 1.807) is 34.6 Å². The highest BCUT2D eigenvalue weighted by Crippen LogP contribution is 2.44.